The minimum absolute atomic E-state index is 0.0143. The first-order chi connectivity index (χ1) is 11.5. The molecule has 1 aliphatic heterocycles. The molecule has 1 unspecified atom stereocenters. The minimum atomic E-state index is -0.0852. The van der Waals surface area contributed by atoms with Gasteiger partial charge in [-0.2, -0.15) is 0 Å². The van der Waals surface area contributed by atoms with Gasteiger partial charge in [0, 0.05) is 19.1 Å². The summed E-state index contributed by atoms with van der Waals surface area (Å²) in [6.07, 6.45) is 7.62. The number of rotatable bonds is 3. The second kappa shape index (κ2) is 7.41. The zero-order valence-electron chi connectivity index (χ0n) is 14.8. The Morgan fingerprint density at radius 1 is 1.12 bits per heavy atom. The van der Waals surface area contributed by atoms with Crippen LogP contribution in [0.2, 0.25) is 0 Å². The number of likely N-dealkylation sites (tertiary alicyclic amines) is 1. The van der Waals surface area contributed by atoms with E-state index in [1.165, 1.54) is 19.3 Å². The van der Waals surface area contributed by atoms with Crippen LogP contribution >= 0.6 is 0 Å². The van der Waals surface area contributed by atoms with Gasteiger partial charge < -0.3 is 14.6 Å². The number of nitrogens with one attached hydrogen (secondary N) is 1. The molecule has 132 valence electrons. The maximum Gasteiger partial charge on any atom is 0.257 e. The molecule has 3 rings (SSSR count). The van der Waals surface area contributed by atoms with Gasteiger partial charge in [0.25, 0.3) is 5.91 Å². The summed E-state index contributed by atoms with van der Waals surface area (Å²) in [6.45, 7) is 4.90. The molecule has 0 spiro atoms. The van der Waals surface area contributed by atoms with E-state index in [2.05, 4.69) is 5.32 Å². The van der Waals surface area contributed by atoms with Crippen molar-refractivity contribution in [3.8, 4) is 0 Å². The van der Waals surface area contributed by atoms with E-state index in [0.717, 1.165) is 38.0 Å². The summed E-state index contributed by atoms with van der Waals surface area (Å²) in [6, 6.07) is 2.12. The Balaban J connectivity index is 1.60. The zero-order chi connectivity index (χ0) is 17.1. The summed E-state index contributed by atoms with van der Waals surface area (Å²) in [7, 11) is 0. The Labute approximate surface area is 143 Å². The largest absolute Gasteiger partial charge is 0.466 e. The molecule has 2 aliphatic rings. The van der Waals surface area contributed by atoms with Gasteiger partial charge in [-0.25, -0.2) is 0 Å². The summed E-state index contributed by atoms with van der Waals surface area (Å²) < 4.78 is 5.47. The number of nitrogens with zero attached hydrogens (tertiary/aromatic N) is 1. The number of carbonyl (C=O) groups is 2. The standard InChI is InChI=1S/C19H28N2O3/c1-13-11-17(14(2)24-13)19(23)21-10-6-7-15(12-21)18(22)20-16-8-4-3-5-9-16/h11,15-16H,3-10,12H2,1-2H3,(H,20,22). The van der Waals surface area contributed by atoms with Crippen LogP contribution in [-0.4, -0.2) is 35.8 Å². The smallest absolute Gasteiger partial charge is 0.257 e. The highest BCUT2D eigenvalue weighted by atomic mass is 16.3. The van der Waals surface area contributed by atoms with Crippen LogP contribution in [-0.2, 0) is 4.79 Å². The fraction of sp³-hybridized carbons (Fsp3) is 0.684. The van der Waals surface area contributed by atoms with Gasteiger partial charge in [0.15, 0.2) is 0 Å². The van der Waals surface area contributed by atoms with Gasteiger partial charge in [-0.05, 0) is 45.6 Å². The predicted molar refractivity (Wildman–Crippen MR) is 91.8 cm³/mol. The normalized spacial score (nSPS) is 22.4. The fourth-order valence-corrected chi connectivity index (χ4v) is 3.96. The number of amides is 2. The Morgan fingerprint density at radius 3 is 2.54 bits per heavy atom. The van der Waals surface area contributed by atoms with Crippen molar-refractivity contribution in [2.45, 2.75) is 64.8 Å². The second-order valence-electron chi connectivity index (χ2n) is 7.26. The molecular formula is C19H28N2O3. The lowest BCUT2D eigenvalue weighted by Gasteiger charge is -2.33. The number of aryl methyl sites for hydroxylation is 2. The van der Waals surface area contributed by atoms with Crippen LogP contribution in [0.1, 0.15) is 66.8 Å². The Kier molecular flexibility index (Phi) is 5.27. The monoisotopic (exact) mass is 332 g/mol. The molecular weight excluding hydrogens is 304 g/mol. The van der Waals surface area contributed by atoms with Crippen molar-refractivity contribution in [2.24, 2.45) is 5.92 Å². The number of hydrogen-bond acceptors (Lipinski definition) is 3. The molecule has 0 radical (unpaired) electrons. The molecule has 1 aromatic heterocycles. The van der Waals surface area contributed by atoms with E-state index in [-0.39, 0.29) is 17.7 Å². The van der Waals surface area contributed by atoms with Crippen LogP contribution < -0.4 is 5.32 Å². The molecule has 5 nitrogen and oxygen atoms in total. The van der Waals surface area contributed by atoms with E-state index in [1.807, 2.05) is 18.7 Å². The van der Waals surface area contributed by atoms with E-state index >= 15 is 0 Å². The van der Waals surface area contributed by atoms with Crippen LogP contribution in [0.25, 0.3) is 0 Å². The summed E-state index contributed by atoms with van der Waals surface area (Å²) >= 11 is 0. The third-order valence-electron chi connectivity index (χ3n) is 5.30. The van der Waals surface area contributed by atoms with E-state index in [0.29, 0.717) is 23.9 Å². The Hall–Kier alpha value is -1.78. The number of carbonyl (C=O) groups excluding carboxylic acids is 2. The van der Waals surface area contributed by atoms with Gasteiger partial charge in [-0.1, -0.05) is 19.3 Å². The molecule has 2 fully saturated rings. The van der Waals surface area contributed by atoms with Gasteiger partial charge in [0.05, 0.1) is 11.5 Å². The minimum Gasteiger partial charge on any atom is -0.466 e. The van der Waals surface area contributed by atoms with Crippen molar-refractivity contribution in [3.05, 3.63) is 23.2 Å². The summed E-state index contributed by atoms with van der Waals surface area (Å²) in [5.74, 6) is 1.43. The maximum atomic E-state index is 12.7. The lowest BCUT2D eigenvalue weighted by atomic mass is 9.93. The van der Waals surface area contributed by atoms with Gasteiger partial charge >= 0.3 is 0 Å². The highest BCUT2D eigenvalue weighted by Crippen LogP contribution is 2.23. The first-order valence-corrected chi connectivity index (χ1v) is 9.21. The molecule has 2 amide bonds. The fourth-order valence-electron chi connectivity index (χ4n) is 3.96. The number of furan rings is 1. The summed E-state index contributed by atoms with van der Waals surface area (Å²) in [4.78, 5) is 27.1. The van der Waals surface area contributed by atoms with Gasteiger partial charge in [-0.3, -0.25) is 9.59 Å². The van der Waals surface area contributed by atoms with Crippen molar-refractivity contribution in [3.63, 3.8) is 0 Å². The topological polar surface area (TPSA) is 62.6 Å². The quantitative estimate of drug-likeness (QED) is 0.924. The van der Waals surface area contributed by atoms with Crippen LogP contribution in [0.5, 0.6) is 0 Å². The number of hydrogen-bond donors (Lipinski definition) is 1. The molecule has 1 aromatic rings. The molecule has 1 aliphatic carbocycles. The Morgan fingerprint density at radius 2 is 1.88 bits per heavy atom. The van der Waals surface area contributed by atoms with Crippen LogP contribution in [0.3, 0.4) is 0 Å². The van der Waals surface area contributed by atoms with E-state index in [1.54, 1.807) is 6.07 Å². The molecule has 0 aromatic carbocycles. The van der Waals surface area contributed by atoms with Gasteiger partial charge in [0.2, 0.25) is 5.91 Å². The molecule has 0 bridgehead atoms. The molecule has 1 saturated carbocycles. The van der Waals surface area contributed by atoms with Gasteiger partial charge in [-0.15, -0.1) is 0 Å². The average molecular weight is 332 g/mol. The molecule has 2 heterocycles. The van der Waals surface area contributed by atoms with Crippen LogP contribution in [0.4, 0.5) is 0 Å². The summed E-state index contributed by atoms with van der Waals surface area (Å²) in [5, 5.41) is 3.21. The van der Waals surface area contributed by atoms with Crippen LogP contribution in [0.15, 0.2) is 10.5 Å². The van der Waals surface area contributed by atoms with E-state index in [9.17, 15) is 9.59 Å². The van der Waals surface area contributed by atoms with Crippen molar-refractivity contribution < 1.29 is 14.0 Å². The summed E-state index contributed by atoms with van der Waals surface area (Å²) in [5.41, 5.74) is 0.626. The molecule has 1 atom stereocenters. The van der Waals surface area contributed by atoms with Crippen molar-refractivity contribution in [1.82, 2.24) is 10.2 Å². The lowest BCUT2D eigenvalue weighted by Crippen LogP contribution is -2.48. The third-order valence-corrected chi connectivity index (χ3v) is 5.30. The lowest BCUT2D eigenvalue weighted by molar-refractivity contribution is -0.127. The molecule has 1 saturated heterocycles. The van der Waals surface area contributed by atoms with Crippen molar-refractivity contribution in [1.29, 1.82) is 0 Å². The molecule has 1 N–H and O–H groups in total. The molecule has 24 heavy (non-hydrogen) atoms. The maximum absolute atomic E-state index is 12.7. The van der Waals surface area contributed by atoms with Crippen LogP contribution in [0, 0.1) is 19.8 Å². The highest BCUT2D eigenvalue weighted by molar-refractivity contribution is 5.95. The van der Waals surface area contributed by atoms with Gasteiger partial charge in [0.1, 0.15) is 11.5 Å². The first-order valence-electron chi connectivity index (χ1n) is 9.21. The van der Waals surface area contributed by atoms with Crippen molar-refractivity contribution >= 4 is 11.8 Å². The highest BCUT2D eigenvalue weighted by Gasteiger charge is 2.31. The SMILES string of the molecule is Cc1cc(C(=O)N2CCCC(C(=O)NC3CCCCC3)C2)c(C)o1. The Bertz CT molecular complexity index is 602. The second-order valence-corrected chi connectivity index (χ2v) is 7.26. The number of piperidine rings is 1. The first kappa shape index (κ1) is 17.1. The predicted octanol–water partition coefficient (Wildman–Crippen LogP) is 3.20. The average Bonchev–Trinajstić information content (AvgIpc) is 2.93. The van der Waals surface area contributed by atoms with E-state index < -0.39 is 0 Å². The van der Waals surface area contributed by atoms with E-state index in [4.69, 9.17) is 4.42 Å². The molecule has 5 heteroatoms. The van der Waals surface area contributed by atoms with Crippen molar-refractivity contribution in [2.75, 3.05) is 13.1 Å². The third kappa shape index (κ3) is 3.82. The zero-order valence-corrected chi connectivity index (χ0v) is 14.8.